The number of pyridine rings is 1. The van der Waals surface area contributed by atoms with E-state index in [4.69, 9.17) is 9.47 Å². The minimum atomic E-state index is -4.99. The molecule has 2 aromatic rings. The van der Waals surface area contributed by atoms with E-state index in [9.17, 15) is 40.8 Å². The standard InChI is InChI=1S/C39H46F3N3O9S/c1-5-24-20-38(24,36(49)44-55(50,51)26-11-12-26)21-31(46)30-18-25-22-45(30)35(48)29(37(2,3)4)19-33(47)52-15-9-7-6-8-10-23-16-28-27(13-14-43-34(28)53-25)32(17-23)54-39(40,41)42/h5,8,10,13-14,16-17,24-26,29-30H,1,6-7,9,11-12,15,18-22H2,2-4H3,(H,44,49)/b10-8+/t24-,25-,29-,30+,38-/m1/s1. The van der Waals surface area contributed by atoms with Crippen LogP contribution in [0, 0.1) is 22.7 Å². The van der Waals surface area contributed by atoms with Crippen molar-refractivity contribution in [1.29, 1.82) is 0 Å². The number of ketones is 1. The van der Waals surface area contributed by atoms with E-state index in [1.807, 2.05) is 0 Å². The number of fused-ring (bicyclic) bond motifs is 3. The van der Waals surface area contributed by atoms with E-state index in [0.717, 1.165) is 0 Å². The Morgan fingerprint density at radius 1 is 1.15 bits per heavy atom. The Bertz CT molecular complexity index is 2010. The van der Waals surface area contributed by atoms with Crippen LogP contribution in [0.1, 0.15) is 84.1 Å². The number of nitrogens with one attached hydrogen (secondary N) is 1. The van der Waals surface area contributed by atoms with Crippen molar-refractivity contribution in [3.05, 3.63) is 48.7 Å². The number of rotatable bonds is 8. The molecule has 0 unspecified atom stereocenters. The van der Waals surface area contributed by atoms with Crippen molar-refractivity contribution in [2.45, 2.75) is 102 Å². The number of hydrogen-bond acceptors (Lipinski definition) is 10. The predicted octanol–water partition coefficient (Wildman–Crippen LogP) is 6.03. The topological polar surface area (TPSA) is 158 Å². The average molecular weight is 790 g/mol. The van der Waals surface area contributed by atoms with Gasteiger partial charge in [-0.3, -0.25) is 23.9 Å². The van der Waals surface area contributed by atoms with Gasteiger partial charge in [-0.15, -0.1) is 19.8 Å². The van der Waals surface area contributed by atoms with Gasteiger partial charge in [0.15, 0.2) is 5.78 Å². The number of halogens is 3. The van der Waals surface area contributed by atoms with E-state index in [2.05, 4.69) is 21.0 Å². The minimum absolute atomic E-state index is 0.0471. The van der Waals surface area contributed by atoms with E-state index >= 15 is 0 Å². The Morgan fingerprint density at radius 2 is 1.89 bits per heavy atom. The fraction of sp³-hybridized carbons (Fsp3) is 0.564. The van der Waals surface area contributed by atoms with Gasteiger partial charge in [-0.2, -0.15) is 0 Å². The summed E-state index contributed by atoms with van der Waals surface area (Å²) >= 11 is 0. The van der Waals surface area contributed by atoms with E-state index in [0.29, 0.717) is 37.7 Å². The van der Waals surface area contributed by atoms with Gasteiger partial charge < -0.3 is 19.1 Å². The summed E-state index contributed by atoms with van der Waals surface area (Å²) < 4.78 is 84.5. The summed E-state index contributed by atoms with van der Waals surface area (Å²) in [6.07, 6.45) is 2.31. The molecule has 2 saturated carbocycles. The maximum absolute atomic E-state index is 14.6. The highest BCUT2D eigenvalue weighted by Gasteiger charge is 2.61. The van der Waals surface area contributed by atoms with E-state index in [1.54, 1.807) is 39.0 Å². The Balaban J connectivity index is 1.37. The molecule has 2 aliphatic carbocycles. The average Bonchev–Trinajstić information content (AvgIpc) is 4.02. The summed E-state index contributed by atoms with van der Waals surface area (Å²) in [6, 6.07) is 3.09. The Labute approximate surface area is 317 Å². The highest BCUT2D eigenvalue weighted by Crippen LogP contribution is 2.57. The van der Waals surface area contributed by atoms with Gasteiger partial charge >= 0.3 is 12.3 Å². The molecule has 1 aromatic carbocycles. The summed E-state index contributed by atoms with van der Waals surface area (Å²) in [5.74, 6) is -4.34. The number of amides is 2. The molecule has 0 spiro atoms. The van der Waals surface area contributed by atoms with E-state index in [-0.39, 0.29) is 55.5 Å². The number of cyclic esters (lactones) is 1. The number of esters is 1. The molecule has 4 aliphatic rings. The first-order valence-electron chi connectivity index (χ1n) is 18.5. The van der Waals surface area contributed by atoms with Crippen LogP contribution >= 0.6 is 0 Å². The number of ether oxygens (including phenoxy) is 3. The zero-order valence-electron chi connectivity index (χ0n) is 31.0. The number of alkyl halides is 3. The SMILES string of the molecule is C=C[C@@H]1C[C@]1(CC(=O)[C@@H]1C[C@@H]2CN1C(=O)[C@H](C(C)(C)C)CC(=O)OCCCC/C=C/c1cc(OC(F)(F)F)c3ccnc(c3c1)O2)C(=O)NS(=O)(=O)C1CC1. The number of Topliss-reactive ketones (excluding diaryl/α,β-unsaturated/α-hetero) is 1. The second kappa shape index (κ2) is 15.2. The van der Waals surface area contributed by atoms with Crippen molar-refractivity contribution in [1.82, 2.24) is 14.6 Å². The quantitative estimate of drug-likeness (QED) is 0.247. The third-order valence-electron chi connectivity index (χ3n) is 10.9. The van der Waals surface area contributed by atoms with Gasteiger partial charge in [0.2, 0.25) is 27.7 Å². The normalized spacial score (nSPS) is 27.3. The van der Waals surface area contributed by atoms with Crippen LogP contribution in [-0.4, -0.2) is 78.8 Å². The summed E-state index contributed by atoms with van der Waals surface area (Å²) in [5, 5.41) is -0.383. The zero-order chi connectivity index (χ0) is 39.9. The van der Waals surface area contributed by atoms with Crippen LogP contribution in [0.25, 0.3) is 16.8 Å². The molecule has 1 saturated heterocycles. The van der Waals surface area contributed by atoms with Gasteiger partial charge in [0.25, 0.3) is 0 Å². The van der Waals surface area contributed by atoms with Crippen LogP contribution in [0.3, 0.4) is 0 Å². The lowest BCUT2D eigenvalue weighted by Gasteiger charge is -2.34. The number of benzene rings is 1. The molecule has 1 aromatic heterocycles. The van der Waals surface area contributed by atoms with Gasteiger partial charge in [-0.05, 0) is 73.6 Å². The molecule has 6 rings (SSSR count). The minimum Gasteiger partial charge on any atom is -0.472 e. The summed E-state index contributed by atoms with van der Waals surface area (Å²) in [5.41, 5.74) is -1.77. The molecule has 1 N–H and O–H groups in total. The fourth-order valence-corrected chi connectivity index (χ4v) is 8.89. The Hall–Kier alpha value is -4.47. The molecule has 4 bridgehead atoms. The first kappa shape index (κ1) is 40.2. The van der Waals surface area contributed by atoms with Crippen molar-refractivity contribution < 1.29 is 55.0 Å². The van der Waals surface area contributed by atoms with Crippen molar-refractivity contribution in [3.63, 3.8) is 0 Å². The monoisotopic (exact) mass is 789 g/mol. The Morgan fingerprint density at radius 3 is 2.55 bits per heavy atom. The van der Waals surface area contributed by atoms with Crippen LogP contribution in [0.15, 0.2) is 43.1 Å². The first-order valence-corrected chi connectivity index (χ1v) is 20.0. The van der Waals surface area contributed by atoms with E-state index in [1.165, 1.54) is 29.3 Å². The number of aromatic nitrogens is 1. The third-order valence-corrected chi connectivity index (χ3v) is 12.7. The van der Waals surface area contributed by atoms with Crippen molar-refractivity contribution >= 4 is 50.4 Å². The highest BCUT2D eigenvalue weighted by molar-refractivity contribution is 7.90. The van der Waals surface area contributed by atoms with Crippen LogP contribution in [0.5, 0.6) is 11.6 Å². The largest absolute Gasteiger partial charge is 0.573 e. The van der Waals surface area contributed by atoms with Crippen molar-refractivity contribution in [2.24, 2.45) is 22.7 Å². The number of allylic oxidation sites excluding steroid dienone is 2. The molecule has 0 radical (unpaired) electrons. The van der Waals surface area contributed by atoms with Gasteiger partial charge in [0.1, 0.15) is 11.9 Å². The van der Waals surface area contributed by atoms with Crippen molar-refractivity contribution in [3.8, 4) is 11.6 Å². The molecule has 5 atom stereocenters. The lowest BCUT2D eigenvalue weighted by molar-refractivity contribution is -0.274. The predicted molar refractivity (Wildman–Crippen MR) is 195 cm³/mol. The maximum atomic E-state index is 14.6. The highest BCUT2D eigenvalue weighted by atomic mass is 32.2. The fourth-order valence-electron chi connectivity index (χ4n) is 7.50. The lowest BCUT2D eigenvalue weighted by atomic mass is 9.77. The van der Waals surface area contributed by atoms with Crippen molar-refractivity contribution in [2.75, 3.05) is 13.2 Å². The number of carbonyl (C=O) groups is 4. The third kappa shape index (κ3) is 9.16. The molecule has 55 heavy (non-hydrogen) atoms. The summed E-state index contributed by atoms with van der Waals surface area (Å²) in [6.45, 7) is 9.10. The molecular weight excluding hydrogens is 744 g/mol. The molecule has 16 heteroatoms. The van der Waals surface area contributed by atoms with Gasteiger partial charge in [-0.25, -0.2) is 13.4 Å². The number of carbonyl (C=O) groups excluding carboxylic acids is 4. The summed E-state index contributed by atoms with van der Waals surface area (Å²) in [4.78, 5) is 61.2. The Kier molecular flexibility index (Phi) is 11.1. The molecule has 298 valence electrons. The van der Waals surface area contributed by atoms with Gasteiger partial charge in [0, 0.05) is 29.8 Å². The van der Waals surface area contributed by atoms with E-state index < -0.39 is 85.8 Å². The summed E-state index contributed by atoms with van der Waals surface area (Å²) in [7, 11) is -3.92. The maximum Gasteiger partial charge on any atom is 0.573 e. The molecule has 3 fully saturated rings. The van der Waals surface area contributed by atoms with Crippen LogP contribution in [0.2, 0.25) is 0 Å². The molecule has 2 amide bonds. The molecular formula is C39H46F3N3O9S. The number of nitrogens with zero attached hydrogens (tertiary/aromatic N) is 2. The molecule has 3 heterocycles. The van der Waals surface area contributed by atoms with Crippen LogP contribution < -0.4 is 14.2 Å². The lowest BCUT2D eigenvalue weighted by Crippen LogP contribution is -2.48. The first-order chi connectivity index (χ1) is 25.8. The second-order valence-corrected chi connectivity index (χ2v) is 18.0. The van der Waals surface area contributed by atoms with Crippen LogP contribution in [0.4, 0.5) is 13.2 Å². The second-order valence-electron chi connectivity index (χ2n) is 16.0. The van der Waals surface area contributed by atoms with Crippen LogP contribution in [-0.2, 0) is 33.9 Å². The molecule has 12 nitrogen and oxygen atoms in total. The molecule has 2 aliphatic heterocycles. The number of hydrogen-bond donors (Lipinski definition) is 1. The van der Waals surface area contributed by atoms with Gasteiger partial charge in [-0.1, -0.05) is 39.0 Å². The zero-order valence-corrected chi connectivity index (χ0v) is 31.8. The smallest absolute Gasteiger partial charge is 0.472 e. The number of sulfonamides is 1. The van der Waals surface area contributed by atoms with Gasteiger partial charge in [0.05, 0.1) is 42.2 Å².